The van der Waals surface area contributed by atoms with Gasteiger partial charge in [-0.1, -0.05) is 67.9 Å². The van der Waals surface area contributed by atoms with Gasteiger partial charge in [0.15, 0.2) is 17.4 Å². The average Bonchev–Trinajstić information content (AvgIpc) is 2.90. The third-order valence-corrected chi connectivity index (χ3v) is 6.06. The minimum atomic E-state index is -4.81. The molecule has 0 saturated heterocycles. The van der Waals surface area contributed by atoms with E-state index in [1.165, 1.54) is 11.6 Å². The molecule has 4 rings (SSSR count). The summed E-state index contributed by atoms with van der Waals surface area (Å²) in [6, 6.07) is 17.9. The van der Waals surface area contributed by atoms with Crippen LogP contribution in [0.4, 0.5) is 39.5 Å². The van der Waals surface area contributed by atoms with E-state index in [1.54, 1.807) is 24.3 Å². The van der Waals surface area contributed by atoms with Crippen molar-refractivity contribution < 1.29 is 49.0 Å². The third-order valence-electron chi connectivity index (χ3n) is 6.06. The molecule has 0 heterocycles. The van der Waals surface area contributed by atoms with E-state index in [2.05, 4.69) is 16.4 Å². The summed E-state index contributed by atoms with van der Waals surface area (Å²) in [4.78, 5) is 0. The second-order valence-electron chi connectivity index (χ2n) is 9.15. The topological polar surface area (TPSA) is 18.5 Å². The zero-order valence-corrected chi connectivity index (χ0v) is 21.7. The van der Waals surface area contributed by atoms with Crippen molar-refractivity contribution in [1.29, 1.82) is 0 Å². The maximum absolute atomic E-state index is 14.8. The molecule has 0 aliphatic rings. The van der Waals surface area contributed by atoms with Crippen LogP contribution in [0, 0.1) is 17.5 Å². The van der Waals surface area contributed by atoms with Gasteiger partial charge in [-0.3, -0.25) is 0 Å². The van der Waals surface area contributed by atoms with E-state index in [0.29, 0.717) is 5.56 Å². The Balaban J connectivity index is 1.51. The van der Waals surface area contributed by atoms with Crippen molar-refractivity contribution in [2.24, 2.45) is 0 Å². The number of halogens is 9. The molecule has 0 radical (unpaired) electrons. The maximum Gasteiger partial charge on any atom is 0.429 e. The van der Waals surface area contributed by atoms with Crippen LogP contribution in [0.3, 0.4) is 0 Å². The van der Waals surface area contributed by atoms with Crippen LogP contribution in [-0.2, 0) is 12.5 Å². The molecule has 0 atom stereocenters. The molecule has 0 amide bonds. The predicted octanol–water partition coefficient (Wildman–Crippen LogP) is 10.3. The van der Waals surface area contributed by atoms with Gasteiger partial charge >= 0.3 is 12.2 Å². The Labute approximate surface area is 234 Å². The molecule has 0 bridgehead atoms. The molecular weight excluding hydrogens is 575 g/mol. The van der Waals surface area contributed by atoms with Crippen LogP contribution in [0.1, 0.15) is 24.5 Å². The number of alkyl halides is 4. The molecular formula is C31H21F9O2. The zero-order valence-electron chi connectivity index (χ0n) is 21.7. The number of hydrogen-bond acceptors (Lipinski definition) is 2. The minimum absolute atomic E-state index is 0.0586. The molecule has 0 aromatic heterocycles. The lowest BCUT2D eigenvalue weighted by atomic mass is 9.98. The molecule has 4 aromatic carbocycles. The zero-order chi connectivity index (χ0) is 30.7. The highest BCUT2D eigenvalue weighted by molar-refractivity contribution is 5.70. The molecule has 220 valence electrons. The summed E-state index contributed by atoms with van der Waals surface area (Å²) in [7, 11) is 0. The van der Waals surface area contributed by atoms with Gasteiger partial charge in [-0.25, -0.2) is 13.2 Å². The molecule has 4 aromatic rings. The molecule has 0 aliphatic heterocycles. The number of rotatable bonds is 10. The second kappa shape index (κ2) is 12.2. The number of benzene rings is 4. The van der Waals surface area contributed by atoms with Crippen molar-refractivity contribution >= 4 is 0 Å². The summed E-state index contributed by atoms with van der Waals surface area (Å²) in [6.07, 6.45) is -11.2. The number of hydrogen-bond donors (Lipinski definition) is 0. The van der Waals surface area contributed by atoms with Crippen molar-refractivity contribution in [3.05, 3.63) is 120 Å². The Morgan fingerprint density at radius 1 is 0.667 bits per heavy atom. The van der Waals surface area contributed by atoms with Gasteiger partial charge in [-0.2, -0.15) is 26.3 Å². The van der Waals surface area contributed by atoms with Crippen LogP contribution in [0.2, 0.25) is 0 Å². The number of ether oxygens (including phenoxy) is 2. The average molecular weight is 596 g/mol. The molecule has 0 N–H and O–H groups in total. The SMILES string of the molecule is CCCc1ccc(-c2ccc(-c3ccc(C(F)(F)Oc4cc(F)c(OC(F)(F)C=C(F)F)c(F)c4)c(F)c3)cc2)cc1. The normalized spacial score (nSPS) is 11.8. The van der Waals surface area contributed by atoms with Gasteiger partial charge in [0.05, 0.1) is 11.6 Å². The van der Waals surface area contributed by atoms with E-state index >= 15 is 0 Å². The summed E-state index contributed by atoms with van der Waals surface area (Å²) in [6.45, 7) is 2.09. The van der Waals surface area contributed by atoms with Crippen molar-refractivity contribution in [1.82, 2.24) is 0 Å². The molecule has 0 unspecified atom stereocenters. The summed E-state index contributed by atoms with van der Waals surface area (Å²) in [5, 5.41) is 0. The minimum Gasteiger partial charge on any atom is -0.429 e. The van der Waals surface area contributed by atoms with E-state index in [-0.39, 0.29) is 17.7 Å². The van der Waals surface area contributed by atoms with E-state index < -0.39 is 58.9 Å². The summed E-state index contributed by atoms with van der Waals surface area (Å²) in [5.74, 6) is -8.33. The predicted molar refractivity (Wildman–Crippen MR) is 138 cm³/mol. The molecule has 42 heavy (non-hydrogen) atoms. The number of aryl methyl sites for hydroxylation is 1. The van der Waals surface area contributed by atoms with Crippen LogP contribution in [-0.4, -0.2) is 6.11 Å². The van der Waals surface area contributed by atoms with Gasteiger partial charge in [-0.15, -0.1) is 0 Å². The van der Waals surface area contributed by atoms with Crippen LogP contribution in [0.5, 0.6) is 11.5 Å². The summed E-state index contributed by atoms with van der Waals surface area (Å²) >= 11 is 0. The fraction of sp³-hybridized carbons (Fsp3) is 0.161. The smallest absolute Gasteiger partial charge is 0.429 e. The fourth-order valence-corrected chi connectivity index (χ4v) is 4.13. The first-order valence-corrected chi connectivity index (χ1v) is 12.4. The monoisotopic (exact) mass is 596 g/mol. The van der Waals surface area contributed by atoms with Crippen molar-refractivity contribution in [2.45, 2.75) is 32.0 Å². The van der Waals surface area contributed by atoms with Crippen molar-refractivity contribution in [3.63, 3.8) is 0 Å². The first kappa shape index (κ1) is 30.5. The fourth-order valence-electron chi connectivity index (χ4n) is 4.13. The Morgan fingerprint density at radius 3 is 1.67 bits per heavy atom. The third kappa shape index (κ3) is 7.26. The second-order valence-corrected chi connectivity index (χ2v) is 9.15. The van der Waals surface area contributed by atoms with Gasteiger partial charge in [0.1, 0.15) is 11.6 Å². The van der Waals surface area contributed by atoms with Gasteiger partial charge in [0, 0.05) is 12.1 Å². The Kier molecular flexibility index (Phi) is 8.89. The molecule has 0 fully saturated rings. The van der Waals surface area contributed by atoms with E-state index in [0.717, 1.165) is 36.1 Å². The Morgan fingerprint density at radius 2 is 1.17 bits per heavy atom. The lowest BCUT2D eigenvalue weighted by molar-refractivity contribution is -0.187. The van der Waals surface area contributed by atoms with E-state index in [4.69, 9.17) is 0 Å². The van der Waals surface area contributed by atoms with Gasteiger partial charge in [0.2, 0.25) is 0 Å². The van der Waals surface area contributed by atoms with Crippen molar-refractivity contribution in [2.75, 3.05) is 0 Å². The molecule has 0 saturated carbocycles. The van der Waals surface area contributed by atoms with Gasteiger partial charge in [-0.05, 0) is 46.4 Å². The lowest BCUT2D eigenvalue weighted by Gasteiger charge is -2.20. The van der Waals surface area contributed by atoms with Crippen LogP contribution < -0.4 is 9.47 Å². The lowest BCUT2D eigenvalue weighted by Crippen LogP contribution is -2.25. The molecule has 0 aliphatic carbocycles. The highest BCUT2D eigenvalue weighted by Crippen LogP contribution is 2.38. The highest BCUT2D eigenvalue weighted by Gasteiger charge is 2.39. The maximum atomic E-state index is 14.8. The first-order chi connectivity index (χ1) is 19.8. The first-order valence-electron chi connectivity index (χ1n) is 12.4. The molecule has 11 heteroatoms. The standard InChI is InChI=1S/C31H21F9O2/c1-2-3-18-4-6-19(7-5-18)20-8-10-21(11-9-20)22-12-13-24(25(32)14-22)31(39,40)41-23-15-26(33)29(27(34)16-23)42-30(37,38)17-28(35)36/h4-17H,2-3H2,1H3. The van der Waals surface area contributed by atoms with Gasteiger partial charge in [0.25, 0.3) is 6.08 Å². The highest BCUT2D eigenvalue weighted by atomic mass is 19.3. The van der Waals surface area contributed by atoms with E-state index in [1.807, 2.05) is 24.3 Å². The van der Waals surface area contributed by atoms with E-state index in [9.17, 15) is 39.5 Å². The summed E-state index contributed by atoms with van der Waals surface area (Å²) in [5.41, 5.74) is 2.58. The molecule has 2 nitrogen and oxygen atoms in total. The Hall–Kier alpha value is -4.41. The Bertz CT molecular complexity index is 1550. The largest absolute Gasteiger partial charge is 0.429 e. The van der Waals surface area contributed by atoms with Crippen LogP contribution in [0.25, 0.3) is 22.3 Å². The molecule has 0 spiro atoms. The van der Waals surface area contributed by atoms with Crippen LogP contribution in [0.15, 0.2) is 91.0 Å². The van der Waals surface area contributed by atoms with Crippen LogP contribution >= 0.6 is 0 Å². The quantitative estimate of drug-likeness (QED) is 0.170. The van der Waals surface area contributed by atoms with Gasteiger partial charge < -0.3 is 9.47 Å². The van der Waals surface area contributed by atoms with Crippen molar-refractivity contribution in [3.8, 4) is 33.8 Å². The summed E-state index contributed by atoms with van der Waals surface area (Å²) < 4.78 is 131.